The second kappa shape index (κ2) is 6.95. The van der Waals surface area contributed by atoms with Crippen molar-refractivity contribution in [3.63, 3.8) is 0 Å². The van der Waals surface area contributed by atoms with Crippen LogP contribution in [-0.2, 0) is 12.7 Å². The smallest absolute Gasteiger partial charge is 0.268 e. The summed E-state index contributed by atoms with van der Waals surface area (Å²) in [6, 6.07) is 0. The van der Waals surface area contributed by atoms with Gasteiger partial charge in [0.2, 0.25) is 5.78 Å². The van der Waals surface area contributed by atoms with E-state index in [1.54, 1.807) is 0 Å². The van der Waals surface area contributed by atoms with Gasteiger partial charge in [-0.3, -0.25) is 13.9 Å². The minimum atomic E-state index is -5.92. The summed E-state index contributed by atoms with van der Waals surface area (Å²) in [7, 11) is 0. The molecule has 0 aromatic carbocycles. The molecule has 0 aliphatic carbocycles. The fraction of sp³-hybridized carbons (Fsp3) is 0.357. The number of rotatable bonds is 4. The predicted molar refractivity (Wildman–Crippen MR) is 85.5 cm³/mol. The molecule has 0 atom stereocenters. The molecule has 164 valence electrons. The Balaban J connectivity index is 2.21. The Labute approximate surface area is 164 Å². The lowest BCUT2D eigenvalue weighted by Crippen LogP contribution is -2.40. The SMILES string of the molecule is Cc1cn2c(=O)c(-c3cnn(CC(F)(F)C(F)(F)F)c3)c(C(F)(F)F)nc2n1SF. The fourth-order valence-electron chi connectivity index (χ4n) is 2.60. The molecule has 3 rings (SSSR count). The predicted octanol–water partition coefficient (Wildman–Crippen LogP) is 4.27. The molecule has 3 aromatic heterocycles. The van der Waals surface area contributed by atoms with Gasteiger partial charge in [0.1, 0.15) is 6.54 Å². The van der Waals surface area contributed by atoms with E-state index in [1.807, 2.05) is 0 Å². The number of hydrogen-bond donors (Lipinski definition) is 0. The van der Waals surface area contributed by atoms with E-state index in [9.17, 15) is 43.8 Å². The van der Waals surface area contributed by atoms with Crippen LogP contribution in [0.4, 0.5) is 39.0 Å². The maximum Gasteiger partial charge on any atom is 0.455 e. The van der Waals surface area contributed by atoms with E-state index in [0.717, 1.165) is 6.20 Å². The Kier molecular flexibility index (Phi) is 5.11. The van der Waals surface area contributed by atoms with E-state index in [-0.39, 0.29) is 10.4 Å². The van der Waals surface area contributed by atoms with Crippen molar-refractivity contribution < 1.29 is 39.0 Å². The third-order valence-corrected chi connectivity index (χ3v) is 4.54. The maximum absolute atomic E-state index is 13.5. The van der Waals surface area contributed by atoms with Crippen molar-refractivity contribution in [2.75, 3.05) is 0 Å². The molecule has 0 aliphatic heterocycles. The molecule has 0 fully saturated rings. The minimum absolute atomic E-state index is 0.0258. The van der Waals surface area contributed by atoms with Gasteiger partial charge in [-0.05, 0) is 6.92 Å². The monoisotopic (exact) mass is 465 g/mol. The highest BCUT2D eigenvalue weighted by molar-refractivity contribution is 7.92. The van der Waals surface area contributed by atoms with E-state index >= 15 is 0 Å². The third-order valence-electron chi connectivity index (χ3n) is 3.95. The highest BCUT2D eigenvalue weighted by atomic mass is 32.2. The highest BCUT2D eigenvalue weighted by Gasteiger charge is 2.57. The van der Waals surface area contributed by atoms with Gasteiger partial charge in [0.25, 0.3) is 5.56 Å². The molecule has 0 unspecified atom stereocenters. The lowest BCUT2D eigenvalue weighted by Gasteiger charge is -2.19. The van der Waals surface area contributed by atoms with Gasteiger partial charge in [0.05, 0.1) is 11.8 Å². The third kappa shape index (κ3) is 3.63. The number of alkyl halides is 8. The van der Waals surface area contributed by atoms with E-state index < -0.39 is 65.3 Å². The Bertz CT molecular complexity index is 1160. The van der Waals surface area contributed by atoms with Crippen LogP contribution in [-0.4, -0.2) is 35.2 Å². The molecular weight excluding hydrogens is 457 g/mol. The minimum Gasteiger partial charge on any atom is -0.268 e. The fourth-order valence-corrected chi connectivity index (χ4v) is 2.95. The summed E-state index contributed by atoms with van der Waals surface area (Å²) in [6.07, 6.45) is -9.19. The number of hydrogen-bond acceptors (Lipinski definition) is 4. The molecule has 0 bridgehead atoms. The molecule has 3 aromatic rings. The van der Waals surface area contributed by atoms with Crippen molar-refractivity contribution in [1.29, 1.82) is 0 Å². The van der Waals surface area contributed by atoms with Crippen LogP contribution in [0.5, 0.6) is 0 Å². The van der Waals surface area contributed by atoms with Crippen molar-refractivity contribution >= 4 is 18.1 Å². The molecule has 0 aliphatic rings. The van der Waals surface area contributed by atoms with E-state index in [0.29, 0.717) is 20.8 Å². The van der Waals surface area contributed by atoms with Gasteiger partial charge in [0, 0.05) is 23.7 Å². The topological polar surface area (TPSA) is 57.1 Å². The molecule has 6 nitrogen and oxygen atoms in total. The molecule has 0 radical (unpaired) electrons. The average molecular weight is 465 g/mol. The van der Waals surface area contributed by atoms with Crippen LogP contribution >= 0.6 is 12.3 Å². The normalized spacial score (nSPS) is 13.4. The second-order valence-electron chi connectivity index (χ2n) is 6.07. The van der Waals surface area contributed by atoms with Crippen molar-refractivity contribution in [1.82, 2.24) is 23.1 Å². The summed E-state index contributed by atoms with van der Waals surface area (Å²) in [4.78, 5) is 15.9. The van der Waals surface area contributed by atoms with Crippen LogP contribution in [0.15, 0.2) is 23.4 Å². The molecule has 0 saturated heterocycles. The van der Waals surface area contributed by atoms with Crippen molar-refractivity contribution in [3.05, 3.63) is 40.3 Å². The Hall–Kier alpha value is -2.65. The van der Waals surface area contributed by atoms with Crippen LogP contribution in [0.1, 0.15) is 11.4 Å². The summed E-state index contributed by atoms with van der Waals surface area (Å²) < 4.78 is 118. The highest BCUT2D eigenvalue weighted by Crippen LogP contribution is 2.38. The van der Waals surface area contributed by atoms with Crippen molar-refractivity contribution in [2.24, 2.45) is 0 Å². The van der Waals surface area contributed by atoms with Gasteiger partial charge in [-0.1, -0.05) is 0 Å². The van der Waals surface area contributed by atoms with Gasteiger partial charge < -0.3 is 0 Å². The average Bonchev–Trinajstić information content (AvgIpc) is 3.16. The van der Waals surface area contributed by atoms with Gasteiger partial charge >= 0.3 is 18.3 Å². The van der Waals surface area contributed by atoms with Crippen LogP contribution in [0, 0.1) is 6.92 Å². The number of aryl methyl sites for hydroxylation is 1. The largest absolute Gasteiger partial charge is 0.455 e. The van der Waals surface area contributed by atoms with E-state index in [4.69, 9.17) is 0 Å². The van der Waals surface area contributed by atoms with Crippen LogP contribution in [0.2, 0.25) is 0 Å². The van der Waals surface area contributed by atoms with Crippen LogP contribution < -0.4 is 5.56 Å². The first-order valence-corrected chi connectivity index (χ1v) is 8.33. The molecular formula is C14H8F9N5OS. The first-order chi connectivity index (χ1) is 13.7. The standard InChI is InChI=1S/C14H8F9N5OS/c1-6-3-27-10(29)8(9(13(17,18)19)25-11(27)28(6)30-23)7-2-24-26(4-7)5-12(15,16)14(20,21)22/h2-4H,5H2,1H3. The Morgan fingerprint density at radius 1 is 1.07 bits per heavy atom. The summed E-state index contributed by atoms with van der Waals surface area (Å²) in [6.45, 7) is -0.728. The number of imidazole rings is 1. The molecule has 3 heterocycles. The summed E-state index contributed by atoms with van der Waals surface area (Å²) in [5, 5.41) is 3.20. The van der Waals surface area contributed by atoms with Crippen LogP contribution in [0.3, 0.4) is 0 Å². The first-order valence-electron chi connectivity index (χ1n) is 7.65. The zero-order valence-electron chi connectivity index (χ0n) is 14.4. The zero-order chi connectivity index (χ0) is 22.6. The number of aromatic nitrogens is 5. The maximum atomic E-state index is 13.5. The van der Waals surface area contributed by atoms with Gasteiger partial charge in [0.15, 0.2) is 18.0 Å². The summed E-state index contributed by atoms with van der Waals surface area (Å²) in [5.41, 5.74) is -4.92. The zero-order valence-corrected chi connectivity index (χ0v) is 15.2. The van der Waals surface area contributed by atoms with E-state index in [2.05, 4.69) is 10.1 Å². The number of halogens is 9. The number of nitrogens with zero attached hydrogens (tertiary/aromatic N) is 5. The van der Waals surface area contributed by atoms with E-state index in [1.165, 1.54) is 6.92 Å². The molecule has 30 heavy (non-hydrogen) atoms. The summed E-state index contributed by atoms with van der Waals surface area (Å²) in [5.74, 6) is -5.91. The van der Waals surface area contributed by atoms with Crippen molar-refractivity contribution in [2.45, 2.75) is 31.7 Å². The lowest BCUT2D eigenvalue weighted by atomic mass is 10.1. The quantitative estimate of drug-likeness (QED) is 0.541. The molecule has 0 N–H and O–H groups in total. The molecule has 0 spiro atoms. The second-order valence-corrected chi connectivity index (χ2v) is 6.57. The Morgan fingerprint density at radius 2 is 1.70 bits per heavy atom. The lowest BCUT2D eigenvalue weighted by molar-refractivity contribution is -0.287. The number of fused-ring (bicyclic) bond motifs is 1. The molecule has 0 amide bonds. The molecule has 16 heteroatoms. The summed E-state index contributed by atoms with van der Waals surface area (Å²) >= 11 is -0.505. The van der Waals surface area contributed by atoms with Crippen LogP contribution in [0.25, 0.3) is 16.9 Å². The van der Waals surface area contributed by atoms with Gasteiger partial charge in [-0.15, -0.1) is 3.89 Å². The first kappa shape index (κ1) is 22.0. The van der Waals surface area contributed by atoms with Crippen molar-refractivity contribution in [3.8, 4) is 11.1 Å². The Morgan fingerprint density at radius 3 is 2.23 bits per heavy atom. The van der Waals surface area contributed by atoms with Gasteiger partial charge in [-0.25, -0.2) is 8.96 Å². The van der Waals surface area contributed by atoms with Gasteiger partial charge in [-0.2, -0.15) is 40.2 Å². The molecule has 0 saturated carbocycles.